The lowest BCUT2D eigenvalue weighted by atomic mass is 10.4. The molecule has 0 unspecified atom stereocenters. The number of pyridine rings is 2. The maximum Gasteiger partial charge on any atom is 0.334 e. The zero-order valence-electron chi connectivity index (χ0n) is 59.9. The number of carbonyl (C=O) groups excluding carboxylic acids is 4. The number of nitrogens with two attached hydrogens (primary N) is 1. The minimum atomic E-state index is -0.581. The van der Waals surface area contributed by atoms with Crippen LogP contribution in [0.15, 0.2) is 69.1 Å². The summed E-state index contributed by atoms with van der Waals surface area (Å²) in [5, 5.41) is 12.0. The molecule has 3 heterocycles. The number of nitrogens with zero attached hydrogens (tertiary/aromatic N) is 9. The summed E-state index contributed by atoms with van der Waals surface area (Å²) >= 11 is 0. The minimum absolute atomic E-state index is 0.0143. The fourth-order valence-electron chi connectivity index (χ4n) is 6.96. The second-order valence-electron chi connectivity index (χ2n) is 20.0. The summed E-state index contributed by atoms with van der Waals surface area (Å²) in [5.41, 5.74) is 21.6. The van der Waals surface area contributed by atoms with E-state index in [4.69, 9.17) is 116 Å². The fraction of sp³-hybridized carbons (Fsp3) is 0.781. The lowest BCUT2D eigenvalue weighted by molar-refractivity contribution is -0.197. The average molecular weight is 1560 g/mol. The molecule has 0 spiro atoms. The molecule has 0 aliphatic carbocycles. The molecule has 0 radical (unpaired) electrons. The van der Waals surface area contributed by atoms with E-state index < -0.39 is 17.8 Å². The fourth-order valence-corrected chi connectivity index (χ4v) is 10.7. The molecule has 2 aromatic rings. The van der Waals surface area contributed by atoms with Crippen LogP contribution in [-0.4, -0.2) is 341 Å². The molecule has 1 saturated heterocycles. The normalized spacial score (nSPS) is 11.8. The SMILES string of the molecule is O=C(CCSSc1ccccn1)ON1C(=O)CCC1=O.[N-]=[N+]=NCCOCCOCCOCCOCCOCCOCCOCCOCCOCCOCCN.[N-]=[N+]=NCCOCCOCCOCCOCCOCCOCCOCCOCCOCCOCCNC(=O)CCSSc1ccccn1. The van der Waals surface area contributed by atoms with Gasteiger partial charge in [0.25, 0.3) is 11.8 Å². The smallest absolute Gasteiger partial charge is 0.334 e. The first kappa shape index (κ1) is 97.6. The Morgan fingerprint density at radius 3 is 0.942 bits per heavy atom. The number of hydrogen-bond donors (Lipinski definition) is 2. The number of carbonyl (C=O) groups is 4. The summed E-state index contributed by atoms with van der Waals surface area (Å²) in [6.45, 7) is 21.3. The highest BCUT2D eigenvalue weighted by atomic mass is 33.1. The molecule has 0 saturated carbocycles. The quantitative estimate of drug-likeness (QED) is 0.0218. The number of rotatable bonds is 76. The van der Waals surface area contributed by atoms with Crippen LogP contribution < -0.4 is 11.1 Å². The zero-order chi connectivity index (χ0) is 74.7. The zero-order valence-corrected chi connectivity index (χ0v) is 63.2. The van der Waals surface area contributed by atoms with Crippen LogP contribution in [0, 0.1) is 0 Å². The van der Waals surface area contributed by atoms with Crippen molar-refractivity contribution in [3.8, 4) is 0 Å². The van der Waals surface area contributed by atoms with Crippen LogP contribution >= 0.6 is 43.2 Å². The Kier molecular flexibility index (Phi) is 77.5. The molecule has 3 rings (SSSR count). The standard InChI is InChI=1S/C30H53N5O11S2.C22H46N4O10.C12H12N2O4S2/c31-35-34-7-9-38-11-13-40-15-17-42-19-21-44-23-25-46-27-26-45-24-22-43-20-18-41-16-14-39-12-10-37-8-6-32-29(36)4-28-47-48-30-3-1-2-5-33-30;23-1-3-27-5-7-29-9-11-31-13-15-33-17-19-35-21-22-36-20-18-34-16-14-32-12-10-30-8-6-28-4-2-25-26-24;15-10-4-5-11(16)14(10)18-12(17)6-8-19-20-9-3-1-2-7-13-9/h1-3,5H,4,6-28H2,(H,32,36);1-23H2;1-3,7H,4-6,8H2. The van der Waals surface area contributed by atoms with Gasteiger partial charge in [0, 0.05) is 79.2 Å². The second kappa shape index (κ2) is 82.6. The Hall–Kier alpha value is -4.44. The number of imide groups is 1. The third-order valence-electron chi connectivity index (χ3n) is 11.9. The van der Waals surface area contributed by atoms with Crippen molar-refractivity contribution in [1.29, 1.82) is 0 Å². The van der Waals surface area contributed by atoms with Gasteiger partial charge in [-0.2, -0.15) is 0 Å². The van der Waals surface area contributed by atoms with Crippen molar-refractivity contribution in [1.82, 2.24) is 20.3 Å². The topological polar surface area (TPSA) is 427 Å². The highest BCUT2D eigenvalue weighted by Gasteiger charge is 2.32. The average Bonchev–Trinajstić information content (AvgIpc) is 1.74. The van der Waals surface area contributed by atoms with Crippen molar-refractivity contribution in [2.45, 2.75) is 35.7 Å². The van der Waals surface area contributed by atoms with Crippen molar-refractivity contribution >= 4 is 66.9 Å². The Balaban J connectivity index is 0.000000843. The van der Waals surface area contributed by atoms with Crippen molar-refractivity contribution in [2.24, 2.45) is 16.0 Å². The molecular weight excluding hydrogens is 1450 g/mol. The summed E-state index contributed by atoms with van der Waals surface area (Å²) in [6.07, 6.45) is 4.25. The van der Waals surface area contributed by atoms with Crippen molar-refractivity contribution in [3.05, 3.63) is 69.7 Å². The van der Waals surface area contributed by atoms with Gasteiger partial charge in [-0.1, -0.05) is 43.9 Å². The maximum absolute atomic E-state index is 11.9. The number of nitrogens with one attached hydrogen (secondary N) is 1. The molecule has 596 valence electrons. The molecule has 104 heavy (non-hydrogen) atoms. The first-order chi connectivity index (χ1) is 51.4. The first-order valence-corrected chi connectivity index (χ1v) is 39.1. The first-order valence-electron chi connectivity index (χ1n) is 34.4. The Labute approximate surface area is 626 Å². The van der Waals surface area contributed by atoms with Crippen molar-refractivity contribution in [3.63, 3.8) is 0 Å². The predicted molar refractivity (Wildman–Crippen MR) is 388 cm³/mol. The Bertz CT molecular complexity index is 2320. The summed E-state index contributed by atoms with van der Waals surface area (Å²) in [7, 11) is 6.10. The van der Waals surface area contributed by atoms with Gasteiger partial charge in [-0.15, -0.1) is 5.06 Å². The van der Waals surface area contributed by atoms with Crippen LogP contribution in [0.4, 0.5) is 0 Å². The van der Waals surface area contributed by atoms with Gasteiger partial charge < -0.3 is 111 Å². The molecule has 40 heteroatoms. The molecule has 1 fully saturated rings. The minimum Gasteiger partial charge on any atom is -0.379 e. The van der Waals surface area contributed by atoms with E-state index in [-0.39, 0.29) is 25.2 Å². The van der Waals surface area contributed by atoms with E-state index in [0.717, 1.165) is 15.8 Å². The van der Waals surface area contributed by atoms with Crippen molar-refractivity contribution in [2.75, 3.05) is 302 Å². The third-order valence-corrected chi connectivity index (χ3v) is 16.4. The highest BCUT2D eigenvalue weighted by Crippen LogP contribution is 2.30. The van der Waals surface area contributed by atoms with E-state index in [2.05, 4.69) is 35.3 Å². The molecule has 3 amide bonds. The molecule has 1 aliphatic rings. The van der Waals surface area contributed by atoms with Crippen LogP contribution in [0.5, 0.6) is 0 Å². The molecule has 0 aromatic carbocycles. The van der Waals surface area contributed by atoms with Gasteiger partial charge in [-0.25, -0.2) is 14.8 Å². The van der Waals surface area contributed by atoms with Gasteiger partial charge >= 0.3 is 5.97 Å². The summed E-state index contributed by atoms with van der Waals surface area (Å²) in [5.74, 6) is -0.253. The van der Waals surface area contributed by atoms with E-state index in [1.165, 1.54) is 21.6 Å². The molecule has 1 aliphatic heterocycles. The summed E-state index contributed by atoms with van der Waals surface area (Å²) in [4.78, 5) is 64.2. The van der Waals surface area contributed by atoms with Crippen LogP contribution in [-0.2, 0) is 119 Å². The second-order valence-corrected chi connectivity index (χ2v) is 24.9. The number of hydroxylamine groups is 2. The maximum atomic E-state index is 11.9. The van der Waals surface area contributed by atoms with E-state index in [1.807, 2.05) is 36.4 Å². The number of ether oxygens (including phenoxy) is 20. The molecule has 3 N–H and O–H groups in total. The van der Waals surface area contributed by atoms with Crippen LogP contribution in [0.3, 0.4) is 0 Å². The summed E-state index contributed by atoms with van der Waals surface area (Å²) in [6, 6.07) is 11.4. The number of hydrogen-bond acceptors (Lipinski definition) is 34. The van der Waals surface area contributed by atoms with Crippen LogP contribution in [0.2, 0.25) is 0 Å². The van der Waals surface area contributed by atoms with Gasteiger partial charge in [0.2, 0.25) is 5.91 Å². The van der Waals surface area contributed by atoms with E-state index in [9.17, 15) is 19.2 Å². The van der Waals surface area contributed by atoms with Gasteiger partial charge in [0.15, 0.2) is 0 Å². The third kappa shape index (κ3) is 73.1. The molecular formula is C64H111N11O25S4. The Morgan fingerprint density at radius 1 is 0.404 bits per heavy atom. The van der Waals surface area contributed by atoms with Crippen molar-refractivity contribution < 1.29 is 119 Å². The Morgan fingerprint density at radius 2 is 0.673 bits per heavy atom. The molecule has 0 atom stereocenters. The molecule has 2 aromatic heterocycles. The number of amides is 3. The van der Waals surface area contributed by atoms with Gasteiger partial charge in [-0.3, -0.25) is 14.4 Å². The van der Waals surface area contributed by atoms with Gasteiger partial charge in [-0.05, 0) is 56.9 Å². The van der Waals surface area contributed by atoms with Crippen LogP contribution in [0.1, 0.15) is 25.7 Å². The van der Waals surface area contributed by atoms with Gasteiger partial charge in [0.05, 0.1) is 271 Å². The summed E-state index contributed by atoms with van der Waals surface area (Å²) < 4.78 is 108. The molecule has 36 nitrogen and oxygen atoms in total. The number of azide groups is 2. The van der Waals surface area contributed by atoms with Gasteiger partial charge in [0.1, 0.15) is 10.1 Å². The monoisotopic (exact) mass is 1560 g/mol. The largest absolute Gasteiger partial charge is 0.379 e. The predicted octanol–water partition coefficient (Wildman–Crippen LogP) is 5.05. The molecule has 0 bridgehead atoms. The van der Waals surface area contributed by atoms with E-state index >= 15 is 0 Å². The highest BCUT2D eigenvalue weighted by molar-refractivity contribution is 8.77. The van der Waals surface area contributed by atoms with E-state index in [1.54, 1.807) is 34.0 Å². The lowest BCUT2D eigenvalue weighted by Gasteiger charge is -2.12. The number of aromatic nitrogens is 2. The van der Waals surface area contributed by atoms with E-state index in [0.29, 0.717) is 308 Å². The lowest BCUT2D eigenvalue weighted by Crippen LogP contribution is -2.32. The van der Waals surface area contributed by atoms with Crippen LogP contribution in [0.25, 0.3) is 20.9 Å².